The maximum atomic E-state index is 12.7. The van der Waals surface area contributed by atoms with Crippen LogP contribution in [0, 0.1) is 5.41 Å². The summed E-state index contributed by atoms with van der Waals surface area (Å²) >= 11 is 1.15. The van der Waals surface area contributed by atoms with E-state index in [1.54, 1.807) is 18.2 Å². The van der Waals surface area contributed by atoms with Crippen molar-refractivity contribution in [1.82, 2.24) is 5.01 Å². The fourth-order valence-corrected chi connectivity index (χ4v) is 3.11. The Kier molecular flexibility index (Phi) is 3.50. The highest BCUT2D eigenvalue weighted by molar-refractivity contribution is 8.25. The third-order valence-electron chi connectivity index (χ3n) is 3.71. The van der Waals surface area contributed by atoms with E-state index in [1.165, 1.54) is 30.0 Å². The van der Waals surface area contributed by atoms with Gasteiger partial charge in [-0.15, -0.1) is 0 Å². The summed E-state index contributed by atoms with van der Waals surface area (Å²) in [6.07, 6.45) is 2.54. The van der Waals surface area contributed by atoms with Gasteiger partial charge in [-0.05, 0) is 30.0 Å². The zero-order chi connectivity index (χ0) is 17.6. The lowest BCUT2D eigenvalue weighted by Crippen LogP contribution is -2.35. The molecule has 2 aliphatic heterocycles. The third-order valence-corrected chi connectivity index (χ3v) is 4.38. The number of carbonyl (C=O) groups is 1. The minimum Gasteiger partial charge on any atom is -0.493 e. The number of thioether (sulfide) groups is 1. The maximum absolute atomic E-state index is 12.7. The summed E-state index contributed by atoms with van der Waals surface area (Å²) in [6, 6.07) is 4.97. The average Bonchev–Trinajstić information content (AvgIpc) is 3.08. The Hall–Kier alpha value is -3.20. The van der Waals surface area contributed by atoms with Crippen molar-refractivity contribution in [3.8, 4) is 5.75 Å². The van der Waals surface area contributed by atoms with E-state index >= 15 is 0 Å². The molecule has 0 fully saturated rings. The molecule has 8 nitrogen and oxygen atoms in total. The molecule has 1 aromatic carbocycles. The molecule has 0 atom stereocenters. The number of fused-ring (bicyclic) bond motifs is 2. The van der Waals surface area contributed by atoms with Crippen LogP contribution in [-0.2, 0) is 4.79 Å². The molecule has 124 valence electrons. The first-order chi connectivity index (χ1) is 12.1. The Morgan fingerprint density at radius 3 is 3.00 bits per heavy atom. The maximum Gasteiger partial charge on any atom is 0.283 e. The molecule has 0 bridgehead atoms. The second kappa shape index (κ2) is 5.71. The SMILES string of the molecule is COc1cccc2c(=O)c(C=C3C(=N)N4N=CSC4=NC3=O)coc12. The van der Waals surface area contributed by atoms with Gasteiger partial charge in [-0.25, -0.2) is 0 Å². The van der Waals surface area contributed by atoms with Gasteiger partial charge in [0.2, 0.25) is 0 Å². The van der Waals surface area contributed by atoms with Crippen LogP contribution in [0.25, 0.3) is 17.0 Å². The summed E-state index contributed by atoms with van der Waals surface area (Å²) in [5.74, 6) is -0.297. The monoisotopic (exact) mass is 354 g/mol. The van der Waals surface area contributed by atoms with Crippen molar-refractivity contribution in [2.75, 3.05) is 7.11 Å². The fraction of sp³-hybridized carbons (Fsp3) is 0.0625. The van der Waals surface area contributed by atoms with Crippen molar-refractivity contribution < 1.29 is 13.9 Å². The summed E-state index contributed by atoms with van der Waals surface area (Å²) < 4.78 is 10.7. The Labute approximate surface area is 145 Å². The van der Waals surface area contributed by atoms with Gasteiger partial charge in [0.1, 0.15) is 6.26 Å². The van der Waals surface area contributed by atoms with Crippen LogP contribution in [0.2, 0.25) is 0 Å². The highest BCUT2D eigenvalue weighted by Gasteiger charge is 2.32. The average molecular weight is 354 g/mol. The Morgan fingerprint density at radius 1 is 1.36 bits per heavy atom. The van der Waals surface area contributed by atoms with E-state index in [-0.39, 0.29) is 22.4 Å². The Morgan fingerprint density at radius 2 is 2.20 bits per heavy atom. The number of hydrazone groups is 1. The minimum absolute atomic E-state index is 0.0297. The standard InChI is InChI=1S/C16H10N4O4S/c1-23-11-4-2-3-9-12(21)8(6-24-13(9)11)5-10-14(17)20-16(19-15(10)22)25-7-18-20/h2-7,17H,1H3. The second-order valence-electron chi connectivity index (χ2n) is 5.11. The van der Waals surface area contributed by atoms with E-state index < -0.39 is 5.91 Å². The summed E-state index contributed by atoms with van der Waals surface area (Å²) in [5, 5.41) is 14.0. The molecule has 2 aliphatic rings. The molecular weight excluding hydrogens is 344 g/mol. The van der Waals surface area contributed by atoms with Gasteiger partial charge in [-0.3, -0.25) is 15.0 Å². The van der Waals surface area contributed by atoms with Gasteiger partial charge in [0.25, 0.3) is 5.91 Å². The van der Waals surface area contributed by atoms with E-state index in [9.17, 15) is 9.59 Å². The molecule has 1 aromatic heterocycles. The molecule has 0 saturated carbocycles. The van der Waals surface area contributed by atoms with E-state index in [2.05, 4.69) is 10.1 Å². The van der Waals surface area contributed by atoms with Gasteiger partial charge in [0.05, 0.1) is 29.2 Å². The predicted octanol–water partition coefficient (Wildman–Crippen LogP) is 2.05. The number of carbonyl (C=O) groups excluding carboxylic acids is 1. The van der Waals surface area contributed by atoms with Crippen molar-refractivity contribution in [2.45, 2.75) is 0 Å². The van der Waals surface area contributed by atoms with Crippen LogP contribution < -0.4 is 10.2 Å². The molecular formula is C16H10N4O4S. The smallest absolute Gasteiger partial charge is 0.283 e. The number of aliphatic imine (C=N–C) groups is 1. The minimum atomic E-state index is -0.598. The molecule has 0 saturated heterocycles. The van der Waals surface area contributed by atoms with E-state index in [1.807, 2.05) is 0 Å². The van der Waals surface area contributed by atoms with Crippen LogP contribution >= 0.6 is 11.8 Å². The lowest BCUT2D eigenvalue weighted by Gasteiger charge is -2.20. The van der Waals surface area contributed by atoms with Gasteiger partial charge in [-0.2, -0.15) is 15.1 Å². The number of nitrogens with one attached hydrogen (secondary N) is 1. The van der Waals surface area contributed by atoms with Crippen LogP contribution in [0.5, 0.6) is 5.75 Å². The van der Waals surface area contributed by atoms with Crippen LogP contribution in [0.1, 0.15) is 5.56 Å². The van der Waals surface area contributed by atoms with Gasteiger partial charge < -0.3 is 9.15 Å². The van der Waals surface area contributed by atoms with Crippen molar-refractivity contribution >= 4 is 51.3 Å². The topological polar surface area (TPSA) is 108 Å². The number of hydrogen-bond donors (Lipinski definition) is 1. The summed E-state index contributed by atoms with van der Waals surface area (Å²) in [5.41, 5.74) is 1.59. The quantitative estimate of drug-likeness (QED) is 0.827. The highest BCUT2D eigenvalue weighted by Crippen LogP contribution is 2.26. The zero-order valence-corrected chi connectivity index (χ0v) is 13.7. The molecule has 9 heteroatoms. The van der Waals surface area contributed by atoms with E-state index in [0.29, 0.717) is 21.9 Å². The first-order valence-corrected chi connectivity index (χ1v) is 7.99. The lowest BCUT2D eigenvalue weighted by molar-refractivity contribution is -0.114. The summed E-state index contributed by atoms with van der Waals surface area (Å²) in [6.45, 7) is 0. The summed E-state index contributed by atoms with van der Waals surface area (Å²) in [4.78, 5) is 28.7. The first-order valence-electron chi connectivity index (χ1n) is 7.11. The number of benzene rings is 1. The molecule has 0 aliphatic carbocycles. The third kappa shape index (κ3) is 2.36. The Bertz CT molecular complexity index is 1080. The number of amides is 1. The molecule has 0 unspecified atom stereocenters. The predicted molar refractivity (Wildman–Crippen MR) is 95.1 cm³/mol. The molecule has 4 rings (SSSR count). The van der Waals surface area contributed by atoms with Crippen LogP contribution in [0.15, 0.2) is 49.3 Å². The van der Waals surface area contributed by atoms with Crippen molar-refractivity contribution in [3.05, 3.63) is 45.8 Å². The molecule has 0 radical (unpaired) electrons. The van der Waals surface area contributed by atoms with Crippen LogP contribution in [0.3, 0.4) is 0 Å². The van der Waals surface area contributed by atoms with Crippen molar-refractivity contribution in [3.63, 3.8) is 0 Å². The number of methoxy groups -OCH3 is 1. The lowest BCUT2D eigenvalue weighted by atomic mass is 10.1. The van der Waals surface area contributed by atoms with Crippen LogP contribution in [-0.4, -0.2) is 34.6 Å². The van der Waals surface area contributed by atoms with Gasteiger partial charge in [0, 0.05) is 0 Å². The molecule has 1 N–H and O–H groups in total. The normalized spacial score (nSPS) is 18.0. The highest BCUT2D eigenvalue weighted by atomic mass is 32.2. The molecule has 3 heterocycles. The van der Waals surface area contributed by atoms with Gasteiger partial charge in [0.15, 0.2) is 27.8 Å². The molecule has 0 spiro atoms. The number of rotatable bonds is 2. The molecule has 25 heavy (non-hydrogen) atoms. The number of para-hydroxylation sites is 1. The number of hydrogen-bond acceptors (Lipinski definition) is 7. The van der Waals surface area contributed by atoms with Gasteiger partial charge >= 0.3 is 0 Å². The van der Waals surface area contributed by atoms with E-state index in [4.69, 9.17) is 14.6 Å². The first kappa shape index (κ1) is 15.3. The molecule has 2 aromatic rings. The number of amidine groups is 2. The number of ether oxygens (including phenoxy) is 1. The van der Waals surface area contributed by atoms with Gasteiger partial charge in [-0.1, -0.05) is 6.07 Å². The van der Waals surface area contributed by atoms with Crippen LogP contribution in [0.4, 0.5) is 0 Å². The second-order valence-corrected chi connectivity index (χ2v) is 5.93. The van der Waals surface area contributed by atoms with Crippen molar-refractivity contribution in [2.24, 2.45) is 10.1 Å². The Balaban J connectivity index is 1.86. The largest absolute Gasteiger partial charge is 0.493 e. The number of nitrogens with zero attached hydrogens (tertiary/aromatic N) is 3. The fourth-order valence-electron chi connectivity index (χ4n) is 2.50. The summed E-state index contributed by atoms with van der Waals surface area (Å²) in [7, 11) is 1.48. The molecule has 1 amide bonds. The van der Waals surface area contributed by atoms with E-state index in [0.717, 1.165) is 11.8 Å². The zero-order valence-electron chi connectivity index (χ0n) is 12.8. The van der Waals surface area contributed by atoms with Crippen molar-refractivity contribution in [1.29, 1.82) is 5.41 Å².